The Bertz CT molecular complexity index is 1080. The largest absolute Gasteiger partial charge is 0.490 e. The van der Waals surface area contributed by atoms with Crippen molar-refractivity contribution in [2.75, 3.05) is 19.8 Å². The maximum atomic E-state index is 12.1. The summed E-state index contributed by atoms with van der Waals surface area (Å²) in [6.45, 7) is 6.47. The highest BCUT2D eigenvalue weighted by Gasteiger charge is 2.10. The molecule has 0 aliphatic heterocycles. The second kappa shape index (κ2) is 9.82. The van der Waals surface area contributed by atoms with Crippen LogP contribution in [-0.2, 0) is 16.1 Å². The monoisotopic (exact) mass is 412 g/mol. The molecule has 30 heavy (non-hydrogen) atoms. The van der Waals surface area contributed by atoms with E-state index >= 15 is 0 Å². The zero-order valence-corrected chi connectivity index (χ0v) is 17.2. The van der Waals surface area contributed by atoms with E-state index in [2.05, 4.69) is 0 Å². The Morgan fingerprint density at radius 1 is 0.933 bits per heavy atom. The number of hydrogen-bond acceptors (Lipinski definition) is 7. The van der Waals surface area contributed by atoms with Crippen LogP contribution in [0.15, 0.2) is 51.7 Å². The number of carbonyl (C=O) groups is 1. The summed E-state index contributed by atoms with van der Waals surface area (Å²) in [5, 5.41) is 0.810. The summed E-state index contributed by atoms with van der Waals surface area (Å²) in [6.07, 6.45) is 0. The third-order valence-corrected chi connectivity index (χ3v) is 4.29. The molecule has 1 heterocycles. The molecule has 0 saturated heterocycles. The van der Waals surface area contributed by atoms with Gasteiger partial charge in [-0.25, -0.2) is 9.59 Å². The lowest BCUT2D eigenvalue weighted by molar-refractivity contribution is -0.147. The van der Waals surface area contributed by atoms with Crippen molar-refractivity contribution < 1.29 is 28.2 Å². The normalized spacial score (nSPS) is 10.6. The molecule has 0 spiro atoms. The van der Waals surface area contributed by atoms with Crippen LogP contribution in [0.1, 0.15) is 25.0 Å². The molecule has 3 aromatic rings. The van der Waals surface area contributed by atoms with Gasteiger partial charge >= 0.3 is 11.6 Å². The van der Waals surface area contributed by atoms with Gasteiger partial charge in [0.15, 0.2) is 18.1 Å². The third kappa shape index (κ3) is 5.31. The van der Waals surface area contributed by atoms with Gasteiger partial charge in [-0.3, -0.25) is 0 Å². The molecule has 0 aliphatic rings. The number of benzene rings is 2. The Hall–Kier alpha value is -3.48. The fraction of sp³-hybridized carbons (Fsp3) is 0.304. The minimum atomic E-state index is -0.521. The maximum absolute atomic E-state index is 12.1. The predicted octanol–water partition coefficient (Wildman–Crippen LogP) is 4.02. The number of ether oxygens (including phenoxy) is 4. The lowest BCUT2D eigenvalue weighted by Gasteiger charge is -2.13. The van der Waals surface area contributed by atoms with Crippen LogP contribution in [0.3, 0.4) is 0 Å². The van der Waals surface area contributed by atoms with Crippen molar-refractivity contribution in [3.05, 3.63) is 64.0 Å². The van der Waals surface area contributed by atoms with Crippen molar-refractivity contribution in [3.63, 3.8) is 0 Å². The zero-order chi connectivity index (χ0) is 21.5. The summed E-state index contributed by atoms with van der Waals surface area (Å²) in [7, 11) is 0. The Balaban J connectivity index is 1.58. The second-order valence-electron chi connectivity index (χ2n) is 6.50. The molecule has 0 aliphatic carbocycles. The molecule has 0 unspecified atom stereocenters. The average molecular weight is 412 g/mol. The first kappa shape index (κ1) is 21.2. The lowest BCUT2D eigenvalue weighted by Crippen LogP contribution is -2.14. The molecule has 0 saturated carbocycles. The molecule has 1 aromatic heterocycles. The quantitative estimate of drug-likeness (QED) is 0.388. The van der Waals surface area contributed by atoms with Gasteiger partial charge in [-0.15, -0.1) is 0 Å². The van der Waals surface area contributed by atoms with Crippen molar-refractivity contribution in [1.29, 1.82) is 0 Å². The standard InChI is InChI=1S/C23H24O7/c1-4-26-19-9-6-16(11-21(19)27-5-2)13-29-23(25)14-28-17-7-8-18-15(3)10-22(24)30-20(18)12-17/h6-12H,4-5,13-14H2,1-3H3. The molecule has 0 N–H and O–H groups in total. The summed E-state index contributed by atoms with van der Waals surface area (Å²) in [4.78, 5) is 23.6. The van der Waals surface area contributed by atoms with Gasteiger partial charge in [0.05, 0.1) is 13.2 Å². The van der Waals surface area contributed by atoms with E-state index in [4.69, 9.17) is 23.4 Å². The van der Waals surface area contributed by atoms with E-state index in [1.54, 1.807) is 30.3 Å². The number of rotatable bonds is 9. The highest BCUT2D eigenvalue weighted by Crippen LogP contribution is 2.29. The summed E-state index contributed by atoms with van der Waals surface area (Å²) >= 11 is 0. The Morgan fingerprint density at radius 3 is 2.47 bits per heavy atom. The molecule has 7 heteroatoms. The molecular formula is C23H24O7. The lowest BCUT2D eigenvalue weighted by atomic mass is 10.1. The number of esters is 1. The smallest absolute Gasteiger partial charge is 0.344 e. The minimum absolute atomic E-state index is 0.0838. The predicted molar refractivity (Wildman–Crippen MR) is 111 cm³/mol. The van der Waals surface area contributed by atoms with Gasteiger partial charge in [0, 0.05) is 17.5 Å². The third-order valence-electron chi connectivity index (χ3n) is 4.29. The number of fused-ring (bicyclic) bond motifs is 1. The van der Waals surface area contributed by atoms with Crippen LogP contribution in [0.2, 0.25) is 0 Å². The van der Waals surface area contributed by atoms with Crippen LogP contribution < -0.4 is 19.8 Å². The molecule has 2 aromatic carbocycles. The first-order chi connectivity index (χ1) is 14.5. The van der Waals surface area contributed by atoms with E-state index in [1.165, 1.54) is 6.07 Å². The van der Waals surface area contributed by atoms with Crippen molar-refractivity contribution >= 4 is 16.9 Å². The van der Waals surface area contributed by atoms with Crippen LogP contribution in [0.4, 0.5) is 0 Å². The highest BCUT2D eigenvalue weighted by atomic mass is 16.6. The molecule has 158 valence electrons. The van der Waals surface area contributed by atoms with Crippen LogP contribution in [0, 0.1) is 6.92 Å². The van der Waals surface area contributed by atoms with Gasteiger partial charge in [0.2, 0.25) is 0 Å². The van der Waals surface area contributed by atoms with Gasteiger partial charge in [-0.05, 0) is 56.2 Å². The van der Waals surface area contributed by atoms with Crippen molar-refractivity contribution in [2.24, 2.45) is 0 Å². The number of aryl methyl sites for hydroxylation is 1. The first-order valence-corrected chi connectivity index (χ1v) is 9.71. The Labute approximate surface area is 174 Å². The van der Waals surface area contributed by atoms with E-state index in [-0.39, 0.29) is 13.2 Å². The Kier molecular flexibility index (Phi) is 6.95. The molecule has 0 radical (unpaired) electrons. The summed E-state index contributed by atoms with van der Waals surface area (Å²) in [5.41, 5.74) is 1.56. The van der Waals surface area contributed by atoms with Crippen LogP contribution in [0.5, 0.6) is 17.2 Å². The van der Waals surface area contributed by atoms with Crippen molar-refractivity contribution in [1.82, 2.24) is 0 Å². The van der Waals surface area contributed by atoms with Crippen LogP contribution in [0.25, 0.3) is 11.0 Å². The molecule has 0 atom stereocenters. The van der Waals surface area contributed by atoms with Gasteiger partial charge in [-0.1, -0.05) is 6.07 Å². The molecule has 0 fully saturated rings. The summed E-state index contributed by atoms with van der Waals surface area (Å²) in [5.74, 6) is 1.15. The van der Waals surface area contributed by atoms with Gasteiger partial charge < -0.3 is 23.4 Å². The average Bonchev–Trinajstić information content (AvgIpc) is 2.72. The molecule has 0 amide bonds. The molecular weight excluding hydrogens is 388 g/mol. The topological polar surface area (TPSA) is 84.2 Å². The summed E-state index contributed by atoms with van der Waals surface area (Å²) in [6, 6.07) is 11.9. The molecule has 0 bridgehead atoms. The number of hydrogen-bond donors (Lipinski definition) is 0. The van der Waals surface area contributed by atoms with Crippen molar-refractivity contribution in [3.8, 4) is 17.2 Å². The van der Waals surface area contributed by atoms with Gasteiger partial charge in [-0.2, -0.15) is 0 Å². The van der Waals surface area contributed by atoms with E-state index in [0.717, 1.165) is 16.5 Å². The molecule has 7 nitrogen and oxygen atoms in total. The van der Waals surface area contributed by atoms with Crippen LogP contribution in [-0.4, -0.2) is 25.8 Å². The van der Waals surface area contributed by atoms with E-state index in [9.17, 15) is 9.59 Å². The van der Waals surface area contributed by atoms with Gasteiger partial charge in [0.25, 0.3) is 0 Å². The maximum Gasteiger partial charge on any atom is 0.344 e. The van der Waals surface area contributed by atoms with Gasteiger partial charge in [0.1, 0.15) is 17.9 Å². The SMILES string of the molecule is CCOc1ccc(COC(=O)COc2ccc3c(C)cc(=O)oc3c2)cc1OCC. The first-order valence-electron chi connectivity index (χ1n) is 9.71. The van der Waals surface area contributed by atoms with E-state index in [1.807, 2.05) is 26.8 Å². The van der Waals surface area contributed by atoms with Crippen molar-refractivity contribution in [2.45, 2.75) is 27.4 Å². The Morgan fingerprint density at radius 2 is 1.70 bits per heavy atom. The summed E-state index contributed by atoms with van der Waals surface area (Å²) < 4.78 is 27.0. The fourth-order valence-electron chi connectivity index (χ4n) is 2.93. The second-order valence-corrected chi connectivity index (χ2v) is 6.50. The fourth-order valence-corrected chi connectivity index (χ4v) is 2.93. The molecule has 3 rings (SSSR count). The minimum Gasteiger partial charge on any atom is -0.490 e. The highest BCUT2D eigenvalue weighted by molar-refractivity contribution is 5.81. The zero-order valence-electron chi connectivity index (χ0n) is 17.2. The number of carbonyl (C=O) groups excluding carboxylic acids is 1. The van der Waals surface area contributed by atoms with E-state index < -0.39 is 11.6 Å². The van der Waals surface area contributed by atoms with E-state index in [0.29, 0.717) is 36.0 Å². The van der Waals surface area contributed by atoms with Crippen LogP contribution >= 0.6 is 0 Å².